The van der Waals surface area contributed by atoms with E-state index in [0.717, 1.165) is 29.2 Å². The Hall–Kier alpha value is -1.61. The van der Waals surface area contributed by atoms with Crippen molar-refractivity contribution in [1.82, 2.24) is 14.3 Å². The number of carboxylic acid groups (broad SMARTS) is 1. The molecule has 0 radical (unpaired) electrons. The Morgan fingerprint density at radius 3 is 2.68 bits per heavy atom. The van der Waals surface area contributed by atoms with Gasteiger partial charge in [0.25, 0.3) is 0 Å². The molecule has 2 aromatic rings. The van der Waals surface area contributed by atoms with Gasteiger partial charge in [0.15, 0.2) is 4.96 Å². The van der Waals surface area contributed by atoms with E-state index in [1.807, 2.05) is 6.92 Å². The highest BCUT2D eigenvalue weighted by atomic mass is 32.1. The molecule has 1 saturated carbocycles. The lowest BCUT2D eigenvalue weighted by atomic mass is 9.96. The molecule has 2 fully saturated rings. The summed E-state index contributed by atoms with van der Waals surface area (Å²) in [5, 5.41) is 11.2. The first-order chi connectivity index (χ1) is 11.8. The molecule has 0 aromatic carbocycles. The Morgan fingerprint density at radius 1 is 1.40 bits per heavy atom. The number of aliphatic carboxylic acids is 1. The van der Waals surface area contributed by atoms with Crippen molar-refractivity contribution in [2.75, 3.05) is 13.1 Å². The van der Waals surface area contributed by atoms with Crippen LogP contribution in [-0.4, -0.2) is 44.6 Å². The van der Waals surface area contributed by atoms with Crippen LogP contribution in [0, 0.1) is 18.8 Å². The number of thiazole rings is 1. The van der Waals surface area contributed by atoms with Crippen LogP contribution < -0.4 is 0 Å². The zero-order valence-corrected chi connectivity index (χ0v) is 14.4. The van der Waals surface area contributed by atoms with E-state index >= 15 is 0 Å². The van der Waals surface area contributed by atoms with Gasteiger partial charge < -0.3 is 5.11 Å². The minimum atomic E-state index is -4.50. The van der Waals surface area contributed by atoms with E-state index in [2.05, 4.69) is 14.8 Å². The molecule has 0 amide bonds. The largest absolute Gasteiger partial charge is 0.481 e. The smallest absolute Gasteiger partial charge is 0.393 e. The summed E-state index contributed by atoms with van der Waals surface area (Å²) in [4.78, 5) is 18.2. The first-order valence-electron chi connectivity index (χ1n) is 8.23. The first kappa shape index (κ1) is 16.8. The number of carbonyl (C=O) groups is 1. The third-order valence-corrected chi connectivity index (χ3v) is 6.03. The third kappa shape index (κ3) is 2.93. The van der Waals surface area contributed by atoms with Gasteiger partial charge in [-0.05, 0) is 19.8 Å². The second kappa shape index (κ2) is 5.70. The molecule has 0 unspecified atom stereocenters. The van der Waals surface area contributed by atoms with Gasteiger partial charge in [0.2, 0.25) is 0 Å². The molecule has 0 bridgehead atoms. The molecule has 2 aliphatic rings. The van der Waals surface area contributed by atoms with Crippen LogP contribution in [-0.2, 0) is 11.3 Å². The average molecular weight is 373 g/mol. The van der Waals surface area contributed by atoms with E-state index in [4.69, 9.17) is 5.11 Å². The number of alkyl halides is 3. The number of rotatable bonds is 4. The zero-order valence-electron chi connectivity index (χ0n) is 13.6. The molecule has 2 aromatic heterocycles. The molecule has 9 heteroatoms. The predicted octanol–water partition coefficient (Wildman–Crippen LogP) is 3.28. The molecule has 25 heavy (non-hydrogen) atoms. The van der Waals surface area contributed by atoms with Gasteiger partial charge in [-0.25, -0.2) is 4.98 Å². The molecule has 1 aliphatic heterocycles. The summed E-state index contributed by atoms with van der Waals surface area (Å²) in [7, 11) is 0. The highest BCUT2D eigenvalue weighted by molar-refractivity contribution is 7.15. The van der Waals surface area contributed by atoms with E-state index in [-0.39, 0.29) is 13.1 Å². The molecule has 136 valence electrons. The quantitative estimate of drug-likeness (QED) is 0.894. The maximum absolute atomic E-state index is 13.2. The molecule has 3 heterocycles. The van der Waals surface area contributed by atoms with Crippen molar-refractivity contribution in [3.8, 4) is 0 Å². The standard InChI is InChI=1S/C16H18F3N3O2S/c1-8-12(22-13(9-2-3-9)7-25-15(22)20-8)6-21-4-10(14(23)24)11(5-21)16(17,18)19/h7,9-11H,2-6H2,1H3,(H,23,24)/t10-,11-/m1/s1. The van der Waals surface area contributed by atoms with Gasteiger partial charge in [0.05, 0.1) is 23.2 Å². The second-order valence-corrected chi connectivity index (χ2v) is 7.82. The Balaban J connectivity index is 1.62. The number of aromatic nitrogens is 2. The summed E-state index contributed by atoms with van der Waals surface area (Å²) in [5.41, 5.74) is 2.86. The minimum Gasteiger partial charge on any atom is -0.481 e. The molecule has 2 atom stereocenters. The zero-order chi connectivity index (χ0) is 17.9. The van der Waals surface area contributed by atoms with Crippen molar-refractivity contribution in [3.63, 3.8) is 0 Å². The fourth-order valence-corrected chi connectivity index (χ4v) is 4.73. The topological polar surface area (TPSA) is 57.8 Å². The minimum absolute atomic E-state index is 0.0882. The number of hydrogen-bond acceptors (Lipinski definition) is 4. The molecular weight excluding hydrogens is 355 g/mol. The number of hydrogen-bond donors (Lipinski definition) is 1. The molecule has 1 saturated heterocycles. The molecule has 1 aliphatic carbocycles. The fourth-order valence-electron chi connectivity index (χ4n) is 3.70. The first-order valence-corrected chi connectivity index (χ1v) is 9.11. The number of aryl methyl sites for hydroxylation is 1. The summed E-state index contributed by atoms with van der Waals surface area (Å²) in [5.74, 6) is -4.10. The SMILES string of the molecule is Cc1nc2scc(C3CC3)n2c1CN1C[C@@H](C(F)(F)F)[C@H](C(=O)O)C1. The van der Waals surface area contributed by atoms with Crippen LogP contribution in [0.4, 0.5) is 13.2 Å². The lowest BCUT2D eigenvalue weighted by molar-refractivity contribution is -0.188. The van der Waals surface area contributed by atoms with Gasteiger partial charge in [0.1, 0.15) is 0 Å². The summed E-state index contributed by atoms with van der Waals surface area (Å²) in [6, 6.07) is 0. The molecule has 1 N–H and O–H groups in total. The van der Waals surface area contributed by atoms with Gasteiger partial charge >= 0.3 is 12.1 Å². The third-order valence-electron chi connectivity index (χ3n) is 5.19. The van der Waals surface area contributed by atoms with Gasteiger partial charge in [-0.2, -0.15) is 13.2 Å². The summed E-state index contributed by atoms with van der Waals surface area (Å²) < 4.78 is 41.6. The van der Waals surface area contributed by atoms with Crippen molar-refractivity contribution in [2.24, 2.45) is 11.8 Å². The van der Waals surface area contributed by atoms with Crippen LogP contribution in [0.3, 0.4) is 0 Å². The average Bonchev–Trinajstić information content (AvgIpc) is 3.00. The van der Waals surface area contributed by atoms with Gasteiger partial charge in [0, 0.05) is 36.6 Å². The highest BCUT2D eigenvalue weighted by Gasteiger charge is 2.52. The van der Waals surface area contributed by atoms with E-state index < -0.39 is 24.0 Å². The van der Waals surface area contributed by atoms with Gasteiger partial charge in [-0.3, -0.25) is 14.1 Å². The summed E-state index contributed by atoms with van der Waals surface area (Å²) in [6.07, 6.45) is -2.24. The highest BCUT2D eigenvalue weighted by Crippen LogP contribution is 2.43. The van der Waals surface area contributed by atoms with Crippen LogP contribution in [0.25, 0.3) is 4.96 Å². The Kier molecular flexibility index (Phi) is 3.84. The van der Waals surface area contributed by atoms with E-state index in [0.29, 0.717) is 12.5 Å². The maximum atomic E-state index is 13.2. The van der Waals surface area contributed by atoms with Crippen molar-refractivity contribution in [3.05, 3.63) is 22.5 Å². The summed E-state index contributed by atoms with van der Waals surface area (Å²) >= 11 is 1.54. The van der Waals surface area contributed by atoms with Crippen LogP contribution in [0.1, 0.15) is 35.8 Å². The van der Waals surface area contributed by atoms with Crippen molar-refractivity contribution >= 4 is 22.3 Å². The molecule has 4 rings (SSSR count). The van der Waals surface area contributed by atoms with Gasteiger partial charge in [-0.15, -0.1) is 11.3 Å². The number of halogens is 3. The maximum Gasteiger partial charge on any atom is 0.393 e. The normalized spacial score (nSPS) is 25.1. The van der Waals surface area contributed by atoms with Crippen molar-refractivity contribution < 1.29 is 23.1 Å². The lowest BCUT2D eigenvalue weighted by Crippen LogP contribution is -2.33. The van der Waals surface area contributed by atoms with Crippen LogP contribution >= 0.6 is 11.3 Å². The van der Waals surface area contributed by atoms with E-state index in [9.17, 15) is 18.0 Å². The monoisotopic (exact) mass is 373 g/mol. The number of nitrogens with zero attached hydrogens (tertiary/aromatic N) is 3. The molecule has 0 spiro atoms. The second-order valence-electron chi connectivity index (χ2n) is 6.98. The van der Waals surface area contributed by atoms with E-state index in [1.165, 1.54) is 5.69 Å². The number of fused-ring (bicyclic) bond motifs is 1. The number of carboxylic acids is 1. The number of likely N-dealkylation sites (tertiary alicyclic amines) is 1. The van der Waals surface area contributed by atoms with Gasteiger partial charge in [-0.1, -0.05) is 0 Å². The lowest BCUT2D eigenvalue weighted by Gasteiger charge is -2.18. The Labute approximate surface area is 146 Å². The molecular formula is C16H18F3N3O2S. The Bertz CT molecular complexity index is 825. The van der Waals surface area contributed by atoms with Crippen LogP contribution in [0.15, 0.2) is 5.38 Å². The Morgan fingerprint density at radius 2 is 2.12 bits per heavy atom. The number of imidazole rings is 1. The predicted molar refractivity (Wildman–Crippen MR) is 85.7 cm³/mol. The fraction of sp³-hybridized carbons (Fsp3) is 0.625. The van der Waals surface area contributed by atoms with Crippen LogP contribution in [0.2, 0.25) is 0 Å². The van der Waals surface area contributed by atoms with Crippen molar-refractivity contribution in [2.45, 2.75) is 38.4 Å². The van der Waals surface area contributed by atoms with Crippen LogP contribution in [0.5, 0.6) is 0 Å². The van der Waals surface area contributed by atoms with E-state index in [1.54, 1.807) is 16.2 Å². The van der Waals surface area contributed by atoms with Crippen molar-refractivity contribution in [1.29, 1.82) is 0 Å². The summed E-state index contributed by atoms with van der Waals surface area (Å²) in [6.45, 7) is 1.78. The molecule has 5 nitrogen and oxygen atoms in total.